The van der Waals surface area contributed by atoms with Gasteiger partial charge in [0.25, 0.3) is 0 Å². The summed E-state index contributed by atoms with van der Waals surface area (Å²) in [5, 5.41) is 7.24. The van der Waals surface area contributed by atoms with Crippen LogP contribution in [0.4, 0.5) is 0 Å². The van der Waals surface area contributed by atoms with Gasteiger partial charge in [-0.15, -0.1) is 0 Å². The van der Waals surface area contributed by atoms with Crippen LogP contribution in [0.15, 0.2) is 70.3 Å². The van der Waals surface area contributed by atoms with E-state index in [2.05, 4.69) is 65.4 Å². The lowest BCUT2D eigenvalue weighted by Crippen LogP contribution is -1.76. The number of allylic oxidation sites excluding steroid dienone is 2. The molecule has 0 nitrogen and oxygen atoms in total. The lowest BCUT2D eigenvalue weighted by atomic mass is 10.1. The predicted molar refractivity (Wildman–Crippen MR) is 69.5 cm³/mol. The predicted octanol–water partition coefficient (Wildman–Crippen LogP) is 4.24. The van der Waals surface area contributed by atoms with Crippen LogP contribution in [-0.2, 0) is 0 Å². The molecule has 74 valence electrons. The number of fused-ring (bicyclic) bond motifs is 1. The average molecular weight is 212 g/mol. The van der Waals surface area contributed by atoms with E-state index in [1.165, 1.54) is 15.7 Å². The largest absolute Gasteiger partial charge is 0.186 e. The second-order valence-corrected chi connectivity index (χ2v) is 5.55. The molecule has 0 aliphatic carbocycles. The van der Waals surface area contributed by atoms with Gasteiger partial charge in [0.15, 0.2) is 0 Å². The van der Waals surface area contributed by atoms with E-state index in [9.17, 15) is 0 Å². The van der Waals surface area contributed by atoms with Gasteiger partial charge in [-0.3, -0.25) is 0 Å². The Kier molecular flexibility index (Phi) is 2.11. The minimum Gasteiger partial charge on any atom is -0.186 e. The molecule has 0 atom stereocenters. The van der Waals surface area contributed by atoms with Gasteiger partial charge < -0.3 is 0 Å². The van der Waals surface area contributed by atoms with Crippen molar-refractivity contribution in [3.8, 4) is 0 Å². The first-order valence-electron chi connectivity index (χ1n) is 5.06. The summed E-state index contributed by atoms with van der Waals surface area (Å²) in [5.41, 5.74) is 0. The van der Waals surface area contributed by atoms with E-state index in [1.807, 2.05) is 0 Å². The van der Waals surface area contributed by atoms with Crippen molar-refractivity contribution in [2.24, 2.45) is 0 Å². The summed E-state index contributed by atoms with van der Waals surface area (Å²) in [7, 11) is -0.175. The minimum absolute atomic E-state index is 0.175. The molecule has 0 saturated carbocycles. The maximum atomic E-state index is 2.31. The Hall–Kier alpha value is -1.47. The summed E-state index contributed by atoms with van der Waals surface area (Å²) in [6.07, 6.45) is 4.28. The number of rotatable bonds is 1. The smallest absolute Gasteiger partial charge is 0.00488 e. The quantitative estimate of drug-likeness (QED) is 0.671. The molecule has 0 spiro atoms. The van der Waals surface area contributed by atoms with E-state index in [1.54, 1.807) is 0 Å². The second-order valence-electron chi connectivity index (χ2n) is 3.62. The molecular weight excluding hydrogens is 200 g/mol. The van der Waals surface area contributed by atoms with Crippen molar-refractivity contribution in [2.45, 2.75) is 4.90 Å². The molecule has 0 amide bonds. The van der Waals surface area contributed by atoms with Crippen molar-refractivity contribution >= 4 is 21.7 Å². The van der Waals surface area contributed by atoms with E-state index < -0.39 is 0 Å². The van der Waals surface area contributed by atoms with Crippen molar-refractivity contribution in [1.29, 1.82) is 0 Å². The number of benzene rings is 2. The highest BCUT2D eigenvalue weighted by Gasteiger charge is 2.03. The average Bonchev–Trinajstić information content (AvgIpc) is 2.82. The van der Waals surface area contributed by atoms with Gasteiger partial charge >= 0.3 is 0 Å². The van der Waals surface area contributed by atoms with E-state index in [0.717, 1.165) is 0 Å². The van der Waals surface area contributed by atoms with Crippen LogP contribution in [-0.4, -0.2) is 0 Å². The fourth-order valence-corrected chi connectivity index (χ4v) is 3.39. The molecule has 0 N–H and O–H groups in total. The number of hydrogen-bond acceptors (Lipinski definition) is 0. The summed E-state index contributed by atoms with van der Waals surface area (Å²) in [5.74, 6) is 0. The summed E-state index contributed by atoms with van der Waals surface area (Å²) < 4.78 is 0. The Morgan fingerprint density at radius 2 is 1.47 bits per heavy atom. The van der Waals surface area contributed by atoms with Crippen LogP contribution in [0.2, 0.25) is 0 Å². The fourth-order valence-electron chi connectivity index (χ4n) is 1.84. The van der Waals surface area contributed by atoms with Crippen molar-refractivity contribution in [2.75, 3.05) is 0 Å². The van der Waals surface area contributed by atoms with Gasteiger partial charge in [-0.25, -0.2) is 0 Å². The Labute approximate surface area is 92.3 Å². The third-order valence-corrected chi connectivity index (χ3v) is 4.50. The van der Waals surface area contributed by atoms with Crippen LogP contribution >= 0.6 is 10.9 Å². The molecule has 1 heteroatoms. The molecular formula is C14H12S. The molecule has 2 aromatic rings. The van der Waals surface area contributed by atoms with Crippen LogP contribution in [0.1, 0.15) is 0 Å². The van der Waals surface area contributed by atoms with Crippen LogP contribution in [0.5, 0.6) is 0 Å². The first kappa shape index (κ1) is 8.81. The van der Waals surface area contributed by atoms with Gasteiger partial charge in [-0.05, 0) is 38.6 Å². The van der Waals surface area contributed by atoms with Crippen LogP contribution in [0.3, 0.4) is 0 Å². The molecule has 3 rings (SSSR count). The normalized spacial score (nSPS) is 16.4. The van der Waals surface area contributed by atoms with Crippen LogP contribution in [0, 0.1) is 0 Å². The molecule has 1 aliphatic rings. The molecule has 15 heavy (non-hydrogen) atoms. The Bertz CT molecular complexity index is 540. The molecule has 0 bridgehead atoms. The van der Waals surface area contributed by atoms with E-state index >= 15 is 0 Å². The highest BCUT2D eigenvalue weighted by Crippen LogP contribution is 2.42. The summed E-state index contributed by atoms with van der Waals surface area (Å²) in [4.78, 5) is 1.44. The van der Waals surface area contributed by atoms with Gasteiger partial charge in [-0.1, -0.05) is 42.5 Å². The summed E-state index contributed by atoms with van der Waals surface area (Å²) in [6.45, 7) is 0. The van der Waals surface area contributed by atoms with Gasteiger partial charge in [0, 0.05) is 0 Å². The Morgan fingerprint density at radius 1 is 0.733 bits per heavy atom. The number of thiol groups is 1. The zero-order chi connectivity index (χ0) is 10.1. The molecule has 1 aliphatic heterocycles. The lowest BCUT2D eigenvalue weighted by Gasteiger charge is -2.11. The minimum atomic E-state index is -0.175. The second kappa shape index (κ2) is 3.59. The zero-order valence-corrected chi connectivity index (χ0v) is 9.19. The Balaban J connectivity index is 2.13. The third kappa shape index (κ3) is 1.59. The third-order valence-electron chi connectivity index (χ3n) is 2.64. The first-order valence-corrected chi connectivity index (χ1v) is 6.54. The first-order chi connectivity index (χ1) is 7.43. The molecule has 0 saturated heterocycles. The monoisotopic (exact) mass is 212 g/mol. The Morgan fingerprint density at radius 3 is 2.27 bits per heavy atom. The topological polar surface area (TPSA) is 0 Å². The molecule has 0 fully saturated rings. The van der Waals surface area contributed by atoms with Crippen molar-refractivity contribution in [3.05, 3.63) is 65.4 Å². The van der Waals surface area contributed by atoms with Crippen molar-refractivity contribution < 1.29 is 0 Å². The molecule has 1 heterocycles. The van der Waals surface area contributed by atoms with E-state index in [4.69, 9.17) is 0 Å². The van der Waals surface area contributed by atoms with Gasteiger partial charge in [0.1, 0.15) is 0 Å². The maximum Gasteiger partial charge on any atom is -0.00488 e. The van der Waals surface area contributed by atoms with Gasteiger partial charge in [-0.2, -0.15) is 10.9 Å². The number of hydrogen-bond donors (Lipinski definition) is 1. The van der Waals surface area contributed by atoms with Crippen molar-refractivity contribution in [1.82, 2.24) is 0 Å². The van der Waals surface area contributed by atoms with Crippen LogP contribution < -0.4 is 0 Å². The van der Waals surface area contributed by atoms with Gasteiger partial charge in [0.2, 0.25) is 0 Å². The molecule has 0 radical (unpaired) electrons. The lowest BCUT2D eigenvalue weighted by molar-refractivity contribution is 1.51. The van der Waals surface area contributed by atoms with Crippen molar-refractivity contribution in [3.63, 3.8) is 0 Å². The molecule has 2 aromatic carbocycles. The highest BCUT2D eigenvalue weighted by atomic mass is 32.2. The van der Waals surface area contributed by atoms with E-state index in [-0.39, 0.29) is 10.9 Å². The fraction of sp³-hybridized carbons (Fsp3) is 0. The SMILES string of the molecule is C1=C[SH](c2ccc3ccccc3c2)C=C1. The van der Waals surface area contributed by atoms with E-state index in [0.29, 0.717) is 0 Å². The summed E-state index contributed by atoms with van der Waals surface area (Å²) in [6, 6.07) is 15.3. The maximum absolute atomic E-state index is 2.31. The van der Waals surface area contributed by atoms with Crippen LogP contribution in [0.25, 0.3) is 10.8 Å². The summed E-state index contributed by atoms with van der Waals surface area (Å²) >= 11 is 0. The molecule has 0 unspecified atom stereocenters. The molecule has 0 aromatic heterocycles. The zero-order valence-electron chi connectivity index (χ0n) is 8.30. The van der Waals surface area contributed by atoms with Gasteiger partial charge in [0.05, 0.1) is 0 Å². The highest BCUT2D eigenvalue weighted by molar-refractivity contribution is 8.22. The standard InChI is InChI=1S/C14H12S/c1-2-6-13-11-14(8-7-12(13)5-1)15-9-3-4-10-15/h1-11,15H.